The predicted octanol–water partition coefficient (Wildman–Crippen LogP) is 2.71. The van der Waals surface area contributed by atoms with E-state index in [0.717, 1.165) is 24.3 Å². The van der Waals surface area contributed by atoms with Gasteiger partial charge in [0.15, 0.2) is 0 Å². The molecule has 1 amide bonds. The van der Waals surface area contributed by atoms with Crippen LogP contribution in [0.4, 0.5) is 18.9 Å². The third-order valence-electron chi connectivity index (χ3n) is 1.97. The molecule has 0 saturated carbocycles. The SMILES string of the molecule is C=CC(=O)N(c1ccc(Cl)cc1)S(=O)(=O)C(F)(F)F. The van der Waals surface area contributed by atoms with Crippen LogP contribution in [0.25, 0.3) is 0 Å². The molecule has 0 aliphatic carbocycles. The monoisotopic (exact) mass is 313 g/mol. The fraction of sp³-hybridized carbons (Fsp3) is 0.100. The Morgan fingerprint density at radius 1 is 1.26 bits per heavy atom. The van der Waals surface area contributed by atoms with Crippen molar-refractivity contribution in [2.24, 2.45) is 0 Å². The summed E-state index contributed by atoms with van der Waals surface area (Å²) in [6, 6.07) is 4.28. The maximum absolute atomic E-state index is 12.5. The Bertz CT molecular complexity index is 595. The van der Waals surface area contributed by atoms with E-state index in [2.05, 4.69) is 6.58 Å². The lowest BCUT2D eigenvalue weighted by Gasteiger charge is -2.22. The second-order valence-corrected chi connectivity index (χ2v) is 5.45. The summed E-state index contributed by atoms with van der Waals surface area (Å²) in [5.41, 5.74) is -6.09. The van der Waals surface area contributed by atoms with Gasteiger partial charge in [0.2, 0.25) is 0 Å². The van der Waals surface area contributed by atoms with Crippen LogP contribution in [-0.4, -0.2) is 19.8 Å². The molecule has 0 saturated heterocycles. The second kappa shape index (κ2) is 5.22. The summed E-state index contributed by atoms with van der Waals surface area (Å²) in [6.07, 6.45) is 0.470. The predicted molar refractivity (Wildman–Crippen MR) is 64.1 cm³/mol. The van der Waals surface area contributed by atoms with Gasteiger partial charge < -0.3 is 0 Å². The van der Waals surface area contributed by atoms with Crippen LogP contribution >= 0.6 is 11.6 Å². The fourth-order valence-corrected chi connectivity index (χ4v) is 2.19. The molecule has 1 aromatic carbocycles. The van der Waals surface area contributed by atoms with Crippen LogP contribution in [0.5, 0.6) is 0 Å². The maximum Gasteiger partial charge on any atom is 0.517 e. The molecule has 1 rings (SSSR count). The van der Waals surface area contributed by atoms with Crippen molar-refractivity contribution in [3.63, 3.8) is 0 Å². The Hall–Kier alpha value is -1.54. The van der Waals surface area contributed by atoms with E-state index >= 15 is 0 Å². The number of sulfonamides is 1. The van der Waals surface area contributed by atoms with Gasteiger partial charge in [-0.3, -0.25) is 4.79 Å². The summed E-state index contributed by atoms with van der Waals surface area (Å²) in [5.74, 6) is -1.42. The molecule has 4 nitrogen and oxygen atoms in total. The summed E-state index contributed by atoms with van der Waals surface area (Å²) < 4.78 is 59.8. The highest BCUT2D eigenvalue weighted by atomic mass is 35.5. The number of halogens is 4. The van der Waals surface area contributed by atoms with Crippen molar-refractivity contribution in [1.29, 1.82) is 0 Å². The Labute approximate surface area is 112 Å². The van der Waals surface area contributed by atoms with Crippen molar-refractivity contribution in [3.8, 4) is 0 Å². The van der Waals surface area contributed by atoms with Crippen molar-refractivity contribution in [3.05, 3.63) is 41.9 Å². The Morgan fingerprint density at radius 2 is 1.74 bits per heavy atom. The van der Waals surface area contributed by atoms with E-state index in [9.17, 15) is 26.4 Å². The van der Waals surface area contributed by atoms with Crippen LogP contribution in [-0.2, 0) is 14.8 Å². The average Bonchev–Trinajstić information content (AvgIpc) is 2.30. The number of carbonyl (C=O) groups excluding carboxylic acids is 1. The van der Waals surface area contributed by atoms with Gasteiger partial charge in [-0.1, -0.05) is 18.2 Å². The van der Waals surface area contributed by atoms with Crippen LogP contribution < -0.4 is 4.31 Å². The molecule has 0 bridgehead atoms. The largest absolute Gasteiger partial charge is 0.517 e. The number of anilines is 1. The highest BCUT2D eigenvalue weighted by molar-refractivity contribution is 7.94. The van der Waals surface area contributed by atoms with Crippen LogP contribution in [0.2, 0.25) is 5.02 Å². The van der Waals surface area contributed by atoms with E-state index in [4.69, 9.17) is 11.6 Å². The highest BCUT2D eigenvalue weighted by Gasteiger charge is 2.52. The van der Waals surface area contributed by atoms with E-state index in [1.54, 1.807) is 0 Å². The van der Waals surface area contributed by atoms with Gasteiger partial charge in [0.1, 0.15) is 0 Å². The summed E-state index contributed by atoms with van der Waals surface area (Å²) in [6.45, 7) is 2.97. The van der Waals surface area contributed by atoms with E-state index in [-0.39, 0.29) is 9.33 Å². The lowest BCUT2D eigenvalue weighted by Crippen LogP contribution is -2.43. The summed E-state index contributed by atoms with van der Waals surface area (Å²) in [4.78, 5) is 11.4. The lowest BCUT2D eigenvalue weighted by atomic mass is 10.3. The van der Waals surface area contributed by atoms with Crippen molar-refractivity contribution in [2.75, 3.05) is 4.31 Å². The molecule has 1 aromatic rings. The molecule has 9 heteroatoms. The normalized spacial score (nSPS) is 12.0. The zero-order chi connectivity index (χ0) is 14.8. The van der Waals surface area contributed by atoms with E-state index in [0.29, 0.717) is 6.08 Å². The van der Waals surface area contributed by atoms with Crippen LogP contribution in [0.3, 0.4) is 0 Å². The number of amides is 1. The van der Waals surface area contributed by atoms with Gasteiger partial charge in [0, 0.05) is 5.02 Å². The number of rotatable bonds is 3. The quantitative estimate of drug-likeness (QED) is 0.806. The smallest absolute Gasteiger partial charge is 0.268 e. The lowest BCUT2D eigenvalue weighted by molar-refractivity contribution is -0.113. The molecule has 0 spiro atoms. The first kappa shape index (κ1) is 15.5. The first-order chi connectivity index (χ1) is 8.61. The minimum Gasteiger partial charge on any atom is -0.268 e. The first-order valence-corrected chi connectivity index (χ1v) is 6.46. The first-order valence-electron chi connectivity index (χ1n) is 4.65. The molecule has 0 aliphatic heterocycles. The van der Waals surface area contributed by atoms with Gasteiger partial charge >= 0.3 is 15.5 Å². The minimum absolute atomic E-state index is 0.180. The Balaban J connectivity index is 3.44. The minimum atomic E-state index is -5.85. The topological polar surface area (TPSA) is 54.5 Å². The molecule has 0 heterocycles. The van der Waals surface area contributed by atoms with Gasteiger partial charge in [0.25, 0.3) is 5.91 Å². The molecular formula is C10H7ClF3NO3S. The average molecular weight is 314 g/mol. The zero-order valence-corrected chi connectivity index (χ0v) is 10.8. The molecule has 0 N–H and O–H groups in total. The highest BCUT2D eigenvalue weighted by Crippen LogP contribution is 2.31. The molecule has 0 fully saturated rings. The van der Waals surface area contributed by atoms with Gasteiger partial charge in [-0.25, -0.2) is 0 Å². The van der Waals surface area contributed by atoms with Gasteiger partial charge in [-0.15, -0.1) is 0 Å². The number of hydrogen-bond acceptors (Lipinski definition) is 3. The van der Waals surface area contributed by atoms with Crippen molar-refractivity contribution >= 4 is 33.2 Å². The van der Waals surface area contributed by atoms with Crippen LogP contribution in [0.15, 0.2) is 36.9 Å². The second-order valence-electron chi connectivity index (χ2n) is 3.23. The fourth-order valence-electron chi connectivity index (χ4n) is 1.15. The molecule has 0 radical (unpaired) electrons. The van der Waals surface area contributed by atoms with Gasteiger partial charge in [-0.05, 0) is 30.3 Å². The van der Waals surface area contributed by atoms with Crippen molar-refractivity contribution in [2.45, 2.75) is 5.51 Å². The Morgan fingerprint density at radius 3 is 2.11 bits per heavy atom. The maximum atomic E-state index is 12.5. The Kier molecular flexibility index (Phi) is 4.26. The molecule has 0 aliphatic rings. The number of nitrogens with zero attached hydrogens (tertiary/aromatic N) is 1. The van der Waals surface area contributed by atoms with Gasteiger partial charge in [-0.2, -0.15) is 25.9 Å². The van der Waals surface area contributed by atoms with Crippen LogP contribution in [0, 0.1) is 0 Å². The third kappa shape index (κ3) is 3.07. The summed E-state index contributed by atoms with van der Waals surface area (Å²) in [5, 5.41) is 0.180. The number of carbonyl (C=O) groups is 1. The number of benzene rings is 1. The summed E-state index contributed by atoms with van der Waals surface area (Å²) in [7, 11) is -5.85. The summed E-state index contributed by atoms with van der Waals surface area (Å²) >= 11 is 5.54. The molecule has 19 heavy (non-hydrogen) atoms. The van der Waals surface area contributed by atoms with E-state index < -0.39 is 27.1 Å². The number of hydrogen-bond donors (Lipinski definition) is 0. The molecule has 104 valence electrons. The standard InChI is InChI=1S/C10H7ClF3NO3S/c1-2-9(16)15(19(17,18)10(12,13)14)8-5-3-7(11)4-6-8/h2-6H,1H2. The van der Waals surface area contributed by atoms with E-state index in [1.807, 2.05) is 0 Å². The molecule has 0 atom stereocenters. The van der Waals surface area contributed by atoms with E-state index in [1.165, 1.54) is 0 Å². The molecule has 0 aromatic heterocycles. The number of alkyl halides is 3. The third-order valence-corrected chi connectivity index (χ3v) is 3.68. The molecule has 0 unspecified atom stereocenters. The molecular weight excluding hydrogens is 307 g/mol. The van der Waals surface area contributed by atoms with Crippen molar-refractivity contribution < 1.29 is 26.4 Å². The van der Waals surface area contributed by atoms with Gasteiger partial charge in [0.05, 0.1) is 5.69 Å². The van der Waals surface area contributed by atoms with Crippen LogP contribution in [0.1, 0.15) is 0 Å². The zero-order valence-electron chi connectivity index (χ0n) is 9.19. The van der Waals surface area contributed by atoms with Crippen molar-refractivity contribution in [1.82, 2.24) is 0 Å².